The van der Waals surface area contributed by atoms with Gasteiger partial charge in [-0.3, -0.25) is 0 Å². The van der Waals surface area contributed by atoms with Gasteiger partial charge in [-0.1, -0.05) is 0 Å². The Balaban J connectivity index is 1.86. The first-order chi connectivity index (χ1) is 8.29. The van der Waals surface area contributed by atoms with E-state index in [2.05, 4.69) is 11.8 Å². The number of hydrogen-bond donors (Lipinski definition) is 1. The summed E-state index contributed by atoms with van der Waals surface area (Å²) in [6.07, 6.45) is 2.61. The molecule has 1 unspecified atom stereocenters. The topological polar surface area (TPSA) is 42.2 Å². The van der Waals surface area contributed by atoms with Crippen LogP contribution in [0.25, 0.3) is 0 Å². The van der Waals surface area contributed by atoms with E-state index in [0.29, 0.717) is 18.5 Å². The third kappa shape index (κ3) is 2.33. The highest BCUT2D eigenvalue weighted by Gasteiger charge is 2.31. The second-order valence-electron chi connectivity index (χ2n) is 4.90. The van der Waals surface area contributed by atoms with Crippen LogP contribution < -0.4 is 10.6 Å². The Morgan fingerprint density at radius 1 is 1.47 bits per heavy atom. The molecule has 3 rings (SSSR count). The predicted octanol–water partition coefficient (Wildman–Crippen LogP) is 2.42. The van der Waals surface area contributed by atoms with Crippen LogP contribution in [-0.4, -0.2) is 29.1 Å². The van der Waals surface area contributed by atoms with Crippen LogP contribution in [0.5, 0.6) is 0 Å². The molecule has 1 aliphatic heterocycles. The number of thiazole rings is 1. The van der Waals surface area contributed by atoms with Crippen LogP contribution >= 0.6 is 23.1 Å². The minimum absolute atomic E-state index is 0.609. The first-order valence-corrected chi connectivity index (χ1v) is 8.30. The van der Waals surface area contributed by atoms with Gasteiger partial charge in [0, 0.05) is 41.4 Å². The van der Waals surface area contributed by atoms with Gasteiger partial charge < -0.3 is 10.6 Å². The van der Waals surface area contributed by atoms with E-state index < -0.39 is 0 Å². The van der Waals surface area contributed by atoms with Gasteiger partial charge in [0.15, 0.2) is 5.13 Å². The molecule has 17 heavy (non-hydrogen) atoms. The molecule has 1 saturated carbocycles. The maximum Gasteiger partial charge on any atom is 0.186 e. The van der Waals surface area contributed by atoms with Gasteiger partial charge in [-0.05, 0) is 19.8 Å². The minimum Gasteiger partial charge on any atom is -0.344 e. The molecule has 2 N–H and O–H groups in total. The van der Waals surface area contributed by atoms with Crippen LogP contribution in [0, 0.1) is 0 Å². The van der Waals surface area contributed by atoms with Crippen molar-refractivity contribution >= 4 is 28.2 Å². The molecule has 5 heteroatoms. The van der Waals surface area contributed by atoms with Gasteiger partial charge >= 0.3 is 0 Å². The summed E-state index contributed by atoms with van der Waals surface area (Å²) in [5.74, 6) is 3.16. The standard InChI is InChI=1S/C12H19N3S2/c1-8-7-16-5-4-15(8)12-14-11(9-2-3-9)10(6-13)17-12/h8-9H,2-7,13H2,1H3. The third-order valence-electron chi connectivity index (χ3n) is 3.48. The maximum atomic E-state index is 5.84. The number of aromatic nitrogens is 1. The SMILES string of the molecule is CC1CSCCN1c1nc(C2CC2)c(CN)s1. The van der Waals surface area contributed by atoms with Crippen molar-refractivity contribution in [1.82, 2.24) is 4.98 Å². The summed E-state index contributed by atoms with van der Waals surface area (Å²) in [4.78, 5) is 8.65. The van der Waals surface area contributed by atoms with E-state index in [1.807, 2.05) is 23.1 Å². The molecule has 0 radical (unpaired) electrons. The summed E-state index contributed by atoms with van der Waals surface area (Å²) in [6.45, 7) is 4.08. The molecule has 0 spiro atoms. The highest BCUT2D eigenvalue weighted by atomic mass is 32.2. The fourth-order valence-corrected chi connectivity index (χ4v) is 4.47. The number of thioether (sulfide) groups is 1. The Morgan fingerprint density at radius 2 is 2.29 bits per heavy atom. The number of nitrogens with zero attached hydrogens (tertiary/aromatic N) is 2. The van der Waals surface area contributed by atoms with Gasteiger partial charge in [-0.15, -0.1) is 11.3 Å². The Kier molecular flexibility index (Phi) is 3.32. The summed E-state index contributed by atoms with van der Waals surface area (Å²) < 4.78 is 0. The van der Waals surface area contributed by atoms with Crippen LogP contribution in [0.3, 0.4) is 0 Å². The van der Waals surface area contributed by atoms with Crippen LogP contribution in [-0.2, 0) is 6.54 Å². The summed E-state index contributed by atoms with van der Waals surface area (Å²) in [6, 6.07) is 0.609. The zero-order chi connectivity index (χ0) is 11.8. The molecule has 94 valence electrons. The zero-order valence-electron chi connectivity index (χ0n) is 10.2. The molecule has 3 nitrogen and oxygen atoms in total. The largest absolute Gasteiger partial charge is 0.344 e. The summed E-state index contributed by atoms with van der Waals surface area (Å²) >= 11 is 3.87. The Bertz CT molecular complexity index is 400. The van der Waals surface area contributed by atoms with E-state index in [0.717, 1.165) is 6.54 Å². The Hall–Kier alpha value is -0.260. The van der Waals surface area contributed by atoms with E-state index in [1.165, 1.54) is 40.0 Å². The van der Waals surface area contributed by atoms with Crippen molar-refractivity contribution in [2.75, 3.05) is 23.0 Å². The van der Waals surface area contributed by atoms with E-state index in [-0.39, 0.29) is 0 Å². The number of hydrogen-bond acceptors (Lipinski definition) is 5. The van der Waals surface area contributed by atoms with Crippen LogP contribution in [0.2, 0.25) is 0 Å². The Labute approximate surface area is 111 Å². The summed E-state index contributed by atoms with van der Waals surface area (Å²) in [5, 5.41) is 1.21. The average molecular weight is 269 g/mol. The van der Waals surface area contributed by atoms with E-state index in [4.69, 9.17) is 10.7 Å². The maximum absolute atomic E-state index is 5.84. The molecular formula is C12H19N3S2. The van der Waals surface area contributed by atoms with Gasteiger partial charge in [0.1, 0.15) is 0 Å². The second-order valence-corrected chi connectivity index (χ2v) is 7.11. The van der Waals surface area contributed by atoms with Crippen LogP contribution in [0.15, 0.2) is 0 Å². The molecule has 2 aliphatic rings. The minimum atomic E-state index is 0.609. The lowest BCUT2D eigenvalue weighted by molar-refractivity contribution is 0.695. The fraction of sp³-hybridized carbons (Fsp3) is 0.750. The smallest absolute Gasteiger partial charge is 0.186 e. The van der Waals surface area contributed by atoms with E-state index in [9.17, 15) is 0 Å². The molecule has 2 fully saturated rings. The van der Waals surface area contributed by atoms with Crippen molar-refractivity contribution in [3.63, 3.8) is 0 Å². The van der Waals surface area contributed by atoms with Crippen molar-refractivity contribution in [1.29, 1.82) is 0 Å². The van der Waals surface area contributed by atoms with Crippen molar-refractivity contribution in [3.05, 3.63) is 10.6 Å². The highest BCUT2D eigenvalue weighted by Crippen LogP contribution is 2.44. The quantitative estimate of drug-likeness (QED) is 0.915. The molecule has 0 amide bonds. The molecule has 0 aromatic carbocycles. The molecule has 1 aromatic rings. The lowest BCUT2D eigenvalue weighted by Gasteiger charge is -2.32. The average Bonchev–Trinajstić information content (AvgIpc) is 3.10. The van der Waals surface area contributed by atoms with Gasteiger partial charge in [0.05, 0.1) is 5.69 Å². The third-order valence-corrected chi connectivity index (χ3v) is 5.80. The monoisotopic (exact) mass is 269 g/mol. The summed E-state index contributed by atoms with van der Waals surface area (Å²) in [5.41, 5.74) is 7.15. The van der Waals surface area contributed by atoms with Crippen LogP contribution in [0.4, 0.5) is 5.13 Å². The lowest BCUT2D eigenvalue weighted by atomic mass is 10.2. The van der Waals surface area contributed by atoms with E-state index >= 15 is 0 Å². The van der Waals surface area contributed by atoms with Crippen molar-refractivity contribution in [3.8, 4) is 0 Å². The number of anilines is 1. The highest BCUT2D eigenvalue weighted by molar-refractivity contribution is 7.99. The molecule has 1 aliphatic carbocycles. The number of rotatable bonds is 3. The summed E-state index contributed by atoms with van der Waals surface area (Å²) in [7, 11) is 0. The molecular weight excluding hydrogens is 250 g/mol. The van der Waals surface area contributed by atoms with Gasteiger partial charge in [-0.2, -0.15) is 11.8 Å². The lowest BCUT2D eigenvalue weighted by Crippen LogP contribution is -2.40. The fourth-order valence-electron chi connectivity index (χ4n) is 2.31. The zero-order valence-corrected chi connectivity index (χ0v) is 11.8. The van der Waals surface area contributed by atoms with Crippen LogP contribution in [0.1, 0.15) is 36.3 Å². The number of nitrogens with two attached hydrogens (primary N) is 1. The van der Waals surface area contributed by atoms with Gasteiger partial charge in [0.25, 0.3) is 0 Å². The molecule has 0 bridgehead atoms. The predicted molar refractivity (Wildman–Crippen MR) is 76.1 cm³/mol. The molecule has 1 aromatic heterocycles. The molecule has 1 saturated heterocycles. The van der Waals surface area contributed by atoms with Gasteiger partial charge in [-0.25, -0.2) is 4.98 Å². The molecule has 2 heterocycles. The first-order valence-electron chi connectivity index (χ1n) is 6.33. The van der Waals surface area contributed by atoms with E-state index in [1.54, 1.807) is 0 Å². The normalized spacial score (nSPS) is 25.3. The second kappa shape index (κ2) is 4.78. The van der Waals surface area contributed by atoms with Crippen molar-refractivity contribution < 1.29 is 0 Å². The first kappa shape index (κ1) is 11.8. The Morgan fingerprint density at radius 3 is 2.94 bits per heavy atom. The van der Waals surface area contributed by atoms with Crippen molar-refractivity contribution in [2.45, 2.75) is 38.3 Å². The van der Waals surface area contributed by atoms with Gasteiger partial charge in [0.2, 0.25) is 0 Å². The van der Waals surface area contributed by atoms with Crippen molar-refractivity contribution in [2.24, 2.45) is 5.73 Å². The molecule has 1 atom stereocenters.